The molecule has 5 nitrogen and oxygen atoms in total. The van der Waals surface area contributed by atoms with Crippen molar-refractivity contribution in [3.05, 3.63) is 84.4 Å². The van der Waals surface area contributed by atoms with E-state index in [1.165, 1.54) is 7.11 Å². The van der Waals surface area contributed by atoms with E-state index in [-0.39, 0.29) is 6.03 Å². The summed E-state index contributed by atoms with van der Waals surface area (Å²) in [5, 5.41) is 5.49. The summed E-state index contributed by atoms with van der Waals surface area (Å²) in [5.74, 6) is -0.417. The van der Waals surface area contributed by atoms with E-state index in [4.69, 9.17) is 0 Å². The molecule has 26 heavy (non-hydrogen) atoms. The number of methoxy groups -OCH3 is 1. The quantitative estimate of drug-likeness (QED) is 0.668. The number of rotatable bonds is 4. The Morgan fingerprint density at radius 1 is 0.692 bits per heavy atom. The molecule has 3 aromatic rings. The van der Waals surface area contributed by atoms with Crippen molar-refractivity contribution in [1.29, 1.82) is 0 Å². The van der Waals surface area contributed by atoms with E-state index in [0.717, 1.165) is 11.1 Å². The number of esters is 1. The second kappa shape index (κ2) is 7.98. The van der Waals surface area contributed by atoms with Gasteiger partial charge in [-0.1, -0.05) is 42.5 Å². The number of carbonyl (C=O) groups is 2. The van der Waals surface area contributed by atoms with Crippen LogP contribution in [0.1, 0.15) is 10.4 Å². The fourth-order valence-electron chi connectivity index (χ4n) is 2.48. The van der Waals surface area contributed by atoms with Gasteiger partial charge in [-0.05, 0) is 47.5 Å². The van der Waals surface area contributed by atoms with Crippen LogP contribution >= 0.6 is 0 Å². The predicted octanol–water partition coefficient (Wildman–Crippen LogP) is 4.78. The Hall–Kier alpha value is -3.60. The van der Waals surface area contributed by atoms with Gasteiger partial charge in [-0.3, -0.25) is 0 Å². The smallest absolute Gasteiger partial charge is 0.337 e. The lowest BCUT2D eigenvalue weighted by Crippen LogP contribution is -2.19. The van der Waals surface area contributed by atoms with Crippen LogP contribution in [0.25, 0.3) is 11.1 Å². The second-order valence-corrected chi connectivity index (χ2v) is 5.59. The van der Waals surface area contributed by atoms with E-state index in [0.29, 0.717) is 16.9 Å². The van der Waals surface area contributed by atoms with Crippen LogP contribution in [0.15, 0.2) is 78.9 Å². The number of amides is 2. The summed E-state index contributed by atoms with van der Waals surface area (Å²) in [6.07, 6.45) is 0. The van der Waals surface area contributed by atoms with Gasteiger partial charge in [-0.2, -0.15) is 0 Å². The number of urea groups is 1. The molecule has 0 aliphatic rings. The summed E-state index contributed by atoms with van der Waals surface area (Å²) < 4.78 is 4.64. The number of ether oxygens (including phenoxy) is 1. The summed E-state index contributed by atoms with van der Waals surface area (Å²) in [7, 11) is 1.32. The van der Waals surface area contributed by atoms with Gasteiger partial charge in [-0.25, -0.2) is 9.59 Å². The van der Waals surface area contributed by atoms with E-state index < -0.39 is 5.97 Å². The van der Waals surface area contributed by atoms with Crippen molar-refractivity contribution in [2.45, 2.75) is 0 Å². The third-order valence-corrected chi connectivity index (χ3v) is 3.81. The zero-order valence-electron chi connectivity index (χ0n) is 14.2. The number of hydrogen-bond donors (Lipinski definition) is 2. The molecule has 0 fully saturated rings. The van der Waals surface area contributed by atoms with Crippen LogP contribution < -0.4 is 10.6 Å². The molecule has 0 saturated heterocycles. The van der Waals surface area contributed by atoms with E-state index >= 15 is 0 Å². The predicted molar refractivity (Wildman–Crippen MR) is 102 cm³/mol. The zero-order chi connectivity index (χ0) is 18.4. The Bertz CT molecular complexity index is 889. The molecule has 130 valence electrons. The van der Waals surface area contributed by atoms with Crippen molar-refractivity contribution < 1.29 is 14.3 Å². The number of hydrogen-bond acceptors (Lipinski definition) is 3. The van der Waals surface area contributed by atoms with Crippen LogP contribution in [0.2, 0.25) is 0 Å². The van der Waals surface area contributed by atoms with Crippen LogP contribution in [0.4, 0.5) is 16.2 Å². The minimum Gasteiger partial charge on any atom is -0.465 e. The summed E-state index contributed by atoms with van der Waals surface area (Å²) in [4.78, 5) is 23.5. The fraction of sp³-hybridized carbons (Fsp3) is 0.0476. The van der Waals surface area contributed by atoms with Gasteiger partial charge in [0.2, 0.25) is 0 Å². The molecule has 0 bridgehead atoms. The van der Waals surface area contributed by atoms with Gasteiger partial charge in [0.25, 0.3) is 0 Å². The van der Waals surface area contributed by atoms with E-state index in [2.05, 4.69) is 15.4 Å². The Labute approximate surface area is 151 Å². The highest BCUT2D eigenvalue weighted by Gasteiger charge is 2.07. The fourth-order valence-corrected chi connectivity index (χ4v) is 2.48. The standard InChI is InChI=1S/C21H18N2O3/c1-26-20(24)17-9-13-19(14-10-17)23-21(25)22-18-11-7-16(8-12-18)15-5-3-2-4-6-15/h2-14H,1H3,(H2,22,23,25). The molecule has 0 saturated carbocycles. The van der Waals surface area contributed by atoms with Gasteiger partial charge in [0, 0.05) is 11.4 Å². The lowest BCUT2D eigenvalue weighted by atomic mass is 10.1. The molecular weight excluding hydrogens is 328 g/mol. The van der Waals surface area contributed by atoms with Crippen molar-refractivity contribution in [3.8, 4) is 11.1 Å². The van der Waals surface area contributed by atoms with Crippen LogP contribution in [-0.4, -0.2) is 19.1 Å². The van der Waals surface area contributed by atoms with Crippen molar-refractivity contribution in [2.75, 3.05) is 17.7 Å². The van der Waals surface area contributed by atoms with Crippen molar-refractivity contribution in [2.24, 2.45) is 0 Å². The minimum atomic E-state index is -0.417. The normalized spacial score (nSPS) is 10.0. The maximum atomic E-state index is 12.1. The summed E-state index contributed by atoms with van der Waals surface area (Å²) in [6, 6.07) is 23.7. The Morgan fingerprint density at radius 3 is 1.73 bits per heavy atom. The first-order chi connectivity index (χ1) is 12.7. The second-order valence-electron chi connectivity index (χ2n) is 5.59. The maximum absolute atomic E-state index is 12.1. The minimum absolute atomic E-state index is 0.358. The molecule has 3 rings (SSSR count). The number of benzene rings is 3. The van der Waals surface area contributed by atoms with Gasteiger partial charge in [-0.15, -0.1) is 0 Å². The topological polar surface area (TPSA) is 67.4 Å². The number of carbonyl (C=O) groups excluding carboxylic acids is 2. The zero-order valence-corrected chi connectivity index (χ0v) is 14.2. The largest absolute Gasteiger partial charge is 0.465 e. The Morgan fingerprint density at radius 2 is 1.19 bits per heavy atom. The van der Waals surface area contributed by atoms with Crippen LogP contribution in [0, 0.1) is 0 Å². The van der Waals surface area contributed by atoms with Gasteiger partial charge >= 0.3 is 12.0 Å². The van der Waals surface area contributed by atoms with Crippen molar-refractivity contribution in [1.82, 2.24) is 0 Å². The van der Waals surface area contributed by atoms with Gasteiger partial charge in [0.1, 0.15) is 0 Å². The molecule has 5 heteroatoms. The molecule has 3 aromatic carbocycles. The van der Waals surface area contributed by atoms with E-state index in [1.807, 2.05) is 54.6 Å². The molecule has 2 amide bonds. The molecule has 0 unspecified atom stereocenters. The molecule has 0 radical (unpaired) electrons. The average molecular weight is 346 g/mol. The van der Waals surface area contributed by atoms with Crippen LogP contribution in [-0.2, 0) is 4.74 Å². The van der Waals surface area contributed by atoms with Crippen LogP contribution in [0.5, 0.6) is 0 Å². The summed E-state index contributed by atoms with van der Waals surface area (Å²) in [6.45, 7) is 0. The van der Waals surface area contributed by atoms with Crippen LogP contribution in [0.3, 0.4) is 0 Å². The third-order valence-electron chi connectivity index (χ3n) is 3.81. The summed E-state index contributed by atoms with van der Waals surface area (Å²) in [5.41, 5.74) is 3.89. The van der Waals surface area contributed by atoms with Gasteiger partial charge in [0.05, 0.1) is 12.7 Å². The molecule has 0 aromatic heterocycles. The first kappa shape index (κ1) is 17.2. The number of nitrogens with one attached hydrogen (secondary N) is 2. The monoisotopic (exact) mass is 346 g/mol. The van der Waals surface area contributed by atoms with Gasteiger partial charge in [0.15, 0.2) is 0 Å². The highest BCUT2D eigenvalue weighted by Crippen LogP contribution is 2.21. The Kier molecular flexibility index (Phi) is 5.29. The third kappa shape index (κ3) is 4.27. The first-order valence-electron chi connectivity index (χ1n) is 8.07. The SMILES string of the molecule is COC(=O)c1ccc(NC(=O)Nc2ccc(-c3ccccc3)cc2)cc1. The number of anilines is 2. The molecule has 0 heterocycles. The van der Waals surface area contributed by atoms with E-state index in [1.54, 1.807) is 24.3 Å². The lowest BCUT2D eigenvalue weighted by molar-refractivity contribution is 0.0601. The molecule has 0 atom stereocenters. The molecule has 0 aliphatic heterocycles. The molecule has 0 spiro atoms. The van der Waals surface area contributed by atoms with Crippen molar-refractivity contribution in [3.63, 3.8) is 0 Å². The maximum Gasteiger partial charge on any atom is 0.337 e. The summed E-state index contributed by atoms with van der Waals surface area (Å²) >= 11 is 0. The molecule has 2 N–H and O–H groups in total. The van der Waals surface area contributed by atoms with Gasteiger partial charge < -0.3 is 15.4 Å². The average Bonchev–Trinajstić information content (AvgIpc) is 2.69. The molecule has 0 aliphatic carbocycles. The Balaban J connectivity index is 1.60. The van der Waals surface area contributed by atoms with E-state index in [9.17, 15) is 9.59 Å². The highest BCUT2D eigenvalue weighted by molar-refractivity contribution is 6.00. The lowest BCUT2D eigenvalue weighted by Gasteiger charge is -2.09. The first-order valence-corrected chi connectivity index (χ1v) is 8.07. The molecular formula is C21H18N2O3. The van der Waals surface area contributed by atoms with Crippen molar-refractivity contribution >= 4 is 23.4 Å². The highest BCUT2D eigenvalue weighted by atomic mass is 16.5.